The Morgan fingerprint density at radius 2 is 2.14 bits per heavy atom. The number of hydrogen-bond donors (Lipinski definition) is 1. The van der Waals surface area contributed by atoms with Crippen LogP contribution in [0.25, 0.3) is 11.0 Å². The number of nitrogens with zero attached hydrogens (tertiary/aromatic N) is 2. The zero-order chi connectivity index (χ0) is 20.5. The zero-order valence-electron chi connectivity index (χ0n) is 16.8. The quantitative estimate of drug-likeness (QED) is 0.597. The lowest BCUT2D eigenvalue weighted by atomic mass is 9.93. The number of carbonyl (C=O) groups is 1. The van der Waals surface area contributed by atoms with Gasteiger partial charge < -0.3 is 14.6 Å². The smallest absolute Gasteiger partial charge is 0.251 e. The number of nitrogens with one attached hydrogen (secondary N) is 1. The average molecular weight is 430 g/mol. The van der Waals surface area contributed by atoms with Crippen LogP contribution < -0.4 is 10.1 Å². The van der Waals surface area contributed by atoms with Gasteiger partial charge in [0, 0.05) is 35.5 Å². The molecule has 5 nitrogen and oxygen atoms in total. The van der Waals surface area contributed by atoms with Crippen LogP contribution in [0.2, 0.25) is 5.02 Å². The second-order valence-electron chi connectivity index (χ2n) is 7.26. The molecule has 0 spiro atoms. The van der Waals surface area contributed by atoms with E-state index in [1.807, 2.05) is 55.1 Å². The first-order valence-electron chi connectivity index (χ1n) is 9.67. The predicted octanol–water partition coefficient (Wildman–Crippen LogP) is 4.69. The van der Waals surface area contributed by atoms with Crippen molar-refractivity contribution in [3.63, 3.8) is 0 Å². The maximum absolute atomic E-state index is 12.9. The molecule has 1 amide bonds. The molecule has 152 valence electrons. The van der Waals surface area contributed by atoms with E-state index >= 15 is 0 Å². The molecule has 3 aromatic rings. The van der Waals surface area contributed by atoms with Crippen molar-refractivity contribution in [1.29, 1.82) is 0 Å². The fourth-order valence-corrected chi connectivity index (χ4v) is 4.21. The highest BCUT2D eigenvalue weighted by molar-refractivity contribution is 7.98. The Balaban J connectivity index is 1.77. The number of aromatic nitrogens is 2. The Morgan fingerprint density at radius 1 is 1.38 bits per heavy atom. The van der Waals surface area contributed by atoms with Gasteiger partial charge in [-0.1, -0.05) is 23.7 Å². The minimum Gasteiger partial charge on any atom is -0.483 e. The van der Waals surface area contributed by atoms with E-state index in [0.717, 1.165) is 52.3 Å². The highest BCUT2D eigenvalue weighted by atomic mass is 35.5. The van der Waals surface area contributed by atoms with Gasteiger partial charge in [0.15, 0.2) is 5.75 Å². The van der Waals surface area contributed by atoms with Crippen LogP contribution in [-0.4, -0.2) is 34.0 Å². The molecule has 7 heteroatoms. The number of amides is 1. The Hall–Kier alpha value is -2.18. The van der Waals surface area contributed by atoms with Crippen LogP contribution in [-0.2, 0) is 13.5 Å². The minimum absolute atomic E-state index is 0.0513. The summed E-state index contributed by atoms with van der Waals surface area (Å²) < 4.78 is 8.46. The summed E-state index contributed by atoms with van der Waals surface area (Å²) in [6.45, 7) is 2.61. The fourth-order valence-electron chi connectivity index (χ4n) is 3.78. The largest absolute Gasteiger partial charge is 0.483 e. The lowest BCUT2D eigenvalue weighted by Gasteiger charge is -2.28. The molecule has 0 saturated carbocycles. The van der Waals surface area contributed by atoms with Gasteiger partial charge in [0.2, 0.25) is 0 Å². The number of aryl methyl sites for hydroxylation is 2. The van der Waals surface area contributed by atoms with Crippen molar-refractivity contribution in [2.75, 3.05) is 18.6 Å². The van der Waals surface area contributed by atoms with E-state index in [2.05, 4.69) is 5.32 Å². The lowest BCUT2D eigenvalue weighted by Crippen LogP contribution is -2.28. The highest BCUT2D eigenvalue weighted by Crippen LogP contribution is 2.41. The molecule has 4 rings (SSSR count). The molecule has 2 aromatic carbocycles. The molecule has 0 bridgehead atoms. The van der Waals surface area contributed by atoms with E-state index in [0.29, 0.717) is 17.1 Å². The minimum atomic E-state index is -0.0833. The first kappa shape index (κ1) is 20.1. The van der Waals surface area contributed by atoms with Crippen molar-refractivity contribution >= 4 is 40.3 Å². The number of fused-ring (bicyclic) bond motifs is 3. The van der Waals surface area contributed by atoms with Gasteiger partial charge in [-0.3, -0.25) is 4.79 Å². The van der Waals surface area contributed by atoms with E-state index in [-0.39, 0.29) is 12.0 Å². The van der Waals surface area contributed by atoms with Crippen LogP contribution in [0, 0.1) is 6.92 Å². The molecule has 0 radical (unpaired) electrons. The fraction of sp³-hybridized carbons (Fsp3) is 0.364. The lowest BCUT2D eigenvalue weighted by molar-refractivity contribution is 0.0952. The predicted molar refractivity (Wildman–Crippen MR) is 119 cm³/mol. The normalized spacial score (nSPS) is 15.8. The summed E-state index contributed by atoms with van der Waals surface area (Å²) in [6.07, 6.45) is 3.51. The summed E-state index contributed by atoms with van der Waals surface area (Å²) in [4.78, 5) is 17.6. The Morgan fingerprint density at radius 3 is 2.86 bits per heavy atom. The first-order chi connectivity index (χ1) is 14.0. The van der Waals surface area contributed by atoms with Crippen molar-refractivity contribution < 1.29 is 9.53 Å². The summed E-state index contributed by atoms with van der Waals surface area (Å²) in [7, 11) is 1.96. The van der Waals surface area contributed by atoms with Crippen LogP contribution in [0.4, 0.5) is 0 Å². The summed E-state index contributed by atoms with van der Waals surface area (Å²) in [5.41, 5.74) is 4.44. The molecule has 1 aliphatic rings. The van der Waals surface area contributed by atoms with Gasteiger partial charge >= 0.3 is 0 Å². The third-order valence-corrected chi connectivity index (χ3v) is 6.32. The second-order valence-corrected chi connectivity index (χ2v) is 8.69. The highest BCUT2D eigenvalue weighted by Gasteiger charge is 2.29. The molecule has 0 aliphatic carbocycles. The molecule has 1 N–H and O–H groups in total. The molecule has 0 saturated heterocycles. The Labute approximate surface area is 179 Å². The molecule has 1 aromatic heterocycles. The standard InChI is InChI=1S/C22H24ClN3O2S/c1-13-25-20-18(26(13)2)12-17(22(27)24-10-11-29-3)16-8-9-19(28-21(16)20)14-4-6-15(23)7-5-14/h4-7,12,19H,8-11H2,1-3H3,(H,24,27)/t19-/m0/s1. The van der Waals surface area contributed by atoms with Crippen LogP contribution in [0.15, 0.2) is 30.3 Å². The first-order valence-corrected chi connectivity index (χ1v) is 11.4. The third kappa shape index (κ3) is 3.83. The topological polar surface area (TPSA) is 56.2 Å². The number of ether oxygens (including phenoxy) is 1. The van der Waals surface area contributed by atoms with Gasteiger partial charge in [-0.05, 0) is 49.8 Å². The summed E-state index contributed by atoms with van der Waals surface area (Å²) in [5.74, 6) is 2.45. The number of hydrogen-bond acceptors (Lipinski definition) is 4. The monoisotopic (exact) mass is 429 g/mol. The number of rotatable bonds is 5. The van der Waals surface area contributed by atoms with E-state index in [9.17, 15) is 4.79 Å². The van der Waals surface area contributed by atoms with Gasteiger partial charge in [0.1, 0.15) is 17.4 Å². The Kier molecular flexibility index (Phi) is 5.74. The van der Waals surface area contributed by atoms with Gasteiger partial charge in [0.25, 0.3) is 5.91 Å². The van der Waals surface area contributed by atoms with Crippen LogP contribution in [0.5, 0.6) is 5.75 Å². The number of thioether (sulfide) groups is 1. The second kappa shape index (κ2) is 8.28. The van der Waals surface area contributed by atoms with Crippen molar-refractivity contribution in [3.8, 4) is 5.75 Å². The van der Waals surface area contributed by atoms with E-state index in [4.69, 9.17) is 21.3 Å². The number of carbonyl (C=O) groups excluding carboxylic acids is 1. The van der Waals surface area contributed by atoms with Gasteiger partial charge in [-0.2, -0.15) is 11.8 Å². The molecule has 0 unspecified atom stereocenters. The summed E-state index contributed by atoms with van der Waals surface area (Å²) in [5, 5.41) is 3.74. The maximum Gasteiger partial charge on any atom is 0.251 e. The average Bonchev–Trinajstić information content (AvgIpc) is 3.02. The van der Waals surface area contributed by atoms with Crippen molar-refractivity contribution in [1.82, 2.24) is 14.9 Å². The molecular formula is C22H24ClN3O2S. The summed E-state index contributed by atoms with van der Waals surface area (Å²) >= 11 is 7.75. The zero-order valence-corrected chi connectivity index (χ0v) is 18.4. The number of benzene rings is 2. The van der Waals surface area contributed by atoms with Gasteiger partial charge in [0.05, 0.1) is 5.52 Å². The van der Waals surface area contributed by atoms with Crippen molar-refractivity contribution in [2.24, 2.45) is 7.05 Å². The summed E-state index contributed by atoms with van der Waals surface area (Å²) in [6, 6.07) is 9.71. The molecule has 0 fully saturated rings. The molecule has 2 heterocycles. The van der Waals surface area contributed by atoms with Gasteiger partial charge in [-0.15, -0.1) is 0 Å². The number of halogens is 1. The molecule has 1 atom stereocenters. The third-order valence-electron chi connectivity index (χ3n) is 5.45. The number of imidazole rings is 1. The SMILES string of the molecule is CSCCNC(=O)c1cc2c(nc(C)n2C)c2c1CC[C@@H](c1ccc(Cl)cc1)O2. The molecular weight excluding hydrogens is 406 g/mol. The molecule has 29 heavy (non-hydrogen) atoms. The molecule has 1 aliphatic heterocycles. The van der Waals surface area contributed by atoms with Crippen molar-refractivity contribution in [2.45, 2.75) is 25.9 Å². The maximum atomic E-state index is 12.9. The Bertz CT molecular complexity index is 1060. The van der Waals surface area contributed by atoms with Gasteiger partial charge in [-0.25, -0.2) is 4.98 Å². The van der Waals surface area contributed by atoms with E-state index < -0.39 is 0 Å². The van der Waals surface area contributed by atoms with E-state index in [1.54, 1.807) is 11.8 Å². The van der Waals surface area contributed by atoms with Crippen LogP contribution in [0.3, 0.4) is 0 Å². The van der Waals surface area contributed by atoms with Crippen LogP contribution >= 0.6 is 23.4 Å². The van der Waals surface area contributed by atoms with E-state index in [1.165, 1.54) is 0 Å². The van der Waals surface area contributed by atoms with Crippen LogP contribution in [0.1, 0.15) is 39.8 Å². The van der Waals surface area contributed by atoms with Crippen molar-refractivity contribution in [3.05, 3.63) is 57.9 Å².